The summed E-state index contributed by atoms with van der Waals surface area (Å²) in [5.74, 6) is 0.240. The third-order valence-electron chi connectivity index (χ3n) is 3.31. The van der Waals surface area contributed by atoms with E-state index in [2.05, 4.69) is 10.2 Å². The fraction of sp³-hybridized carbons (Fsp3) is 0.875. The Hall–Kier alpha value is -0.940. The van der Waals surface area contributed by atoms with E-state index in [1.54, 1.807) is 6.92 Å². The summed E-state index contributed by atoms with van der Waals surface area (Å²) in [7, 11) is 0. The van der Waals surface area contributed by atoms with Crippen LogP contribution in [0.5, 0.6) is 0 Å². The molecule has 0 radical (unpaired) electrons. The van der Waals surface area contributed by atoms with Crippen LogP contribution in [0.25, 0.3) is 0 Å². The fourth-order valence-electron chi connectivity index (χ4n) is 2.08. The van der Waals surface area contributed by atoms with E-state index in [-0.39, 0.29) is 30.3 Å². The molecule has 1 fully saturated rings. The first-order chi connectivity index (χ1) is 9.99. The van der Waals surface area contributed by atoms with Crippen LogP contribution >= 0.6 is 0 Å². The molecule has 21 heavy (non-hydrogen) atoms. The van der Waals surface area contributed by atoms with Crippen molar-refractivity contribution in [2.24, 2.45) is 5.92 Å². The second-order valence-corrected chi connectivity index (χ2v) is 5.50. The predicted molar refractivity (Wildman–Crippen MR) is 85.3 cm³/mol. The molecule has 0 atom stereocenters. The number of piperidine rings is 1. The zero-order valence-corrected chi connectivity index (χ0v) is 14.3. The second-order valence-electron chi connectivity index (χ2n) is 5.50. The lowest BCUT2D eigenvalue weighted by molar-refractivity contribution is -0.124. The van der Waals surface area contributed by atoms with Crippen molar-refractivity contribution >= 4 is 11.7 Å². The minimum Gasteiger partial charge on any atom is -0.370 e. The van der Waals surface area contributed by atoms with Gasteiger partial charge < -0.3 is 15.0 Å². The van der Waals surface area contributed by atoms with Crippen molar-refractivity contribution in [1.82, 2.24) is 10.2 Å². The lowest BCUT2D eigenvalue weighted by Crippen LogP contribution is -2.42. The van der Waals surface area contributed by atoms with Crippen molar-refractivity contribution < 1.29 is 14.3 Å². The molecule has 0 bridgehead atoms. The van der Waals surface area contributed by atoms with E-state index in [1.807, 2.05) is 27.7 Å². The van der Waals surface area contributed by atoms with E-state index in [0.29, 0.717) is 6.54 Å². The normalized spacial score (nSPS) is 16.3. The lowest BCUT2D eigenvalue weighted by Gasteiger charge is -2.31. The summed E-state index contributed by atoms with van der Waals surface area (Å²) < 4.78 is 5.52. The molecule has 1 amide bonds. The third-order valence-corrected chi connectivity index (χ3v) is 3.31. The number of nitrogens with one attached hydrogen (secondary N) is 1. The molecule has 0 spiro atoms. The van der Waals surface area contributed by atoms with E-state index in [1.165, 1.54) is 0 Å². The van der Waals surface area contributed by atoms with Gasteiger partial charge in [0.05, 0.1) is 6.10 Å². The Morgan fingerprint density at radius 1 is 1.24 bits per heavy atom. The van der Waals surface area contributed by atoms with Crippen molar-refractivity contribution in [1.29, 1.82) is 0 Å². The summed E-state index contributed by atoms with van der Waals surface area (Å²) in [4.78, 5) is 24.6. The average molecular weight is 300 g/mol. The molecule has 1 aliphatic heterocycles. The van der Waals surface area contributed by atoms with E-state index in [4.69, 9.17) is 4.74 Å². The molecule has 1 heterocycles. The molecule has 0 aromatic heterocycles. The molecule has 1 N–H and O–H groups in total. The average Bonchev–Trinajstić information content (AvgIpc) is 2.48. The van der Waals surface area contributed by atoms with Gasteiger partial charge >= 0.3 is 0 Å². The Morgan fingerprint density at radius 3 is 2.29 bits per heavy atom. The van der Waals surface area contributed by atoms with Gasteiger partial charge in [-0.1, -0.05) is 27.7 Å². The standard InChI is InChI=1S/C14H26N2O3.C2H6/c1-11(2)14(18)15-6-9-16-7-4-13(5-8-16)19-10-12(3)17;1-2/h11,13H,4-10H2,1-3H3,(H,15,18);1-2H3. The highest BCUT2D eigenvalue weighted by molar-refractivity contribution is 5.77. The quantitative estimate of drug-likeness (QED) is 0.779. The van der Waals surface area contributed by atoms with Gasteiger partial charge in [-0.25, -0.2) is 0 Å². The molecule has 1 aliphatic rings. The number of carbonyl (C=O) groups is 2. The van der Waals surface area contributed by atoms with Gasteiger partial charge in [-0.15, -0.1) is 0 Å². The molecule has 5 nitrogen and oxygen atoms in total. The molecule has 0 unspecified atom stereocenters. The van der Waals surface area contributed by atoms with Gasteiger partial charge in [0.2, 0.25) is 5.91 Å². The molecule has 5 heteroatoms. The van der Waals surface area contributed by atoms with Crippen LogP contribution < -0.4 is 5.32 Å². The van der Waals surface area contributed by atoms with Gasteiger partial charge in [-0.3, -0.25) is 9.59 Å². The summed E-state index contributed by atoms with van der Waals surface area (Å²) in [6, 6.07) is 0. The minimum atomic E-state index is 0.0470. The summed E-state index contributed by atoms with van der Waals surface area (Å²) in [5, 5.41) is 2.92. The van der Waals surface area contributed by atoms with Crippen LogP contribution in [0.4, 0.5) is 0 Å². The van der Waals surface area contributed by atoms with Crippen molar-refractivity contribution in [3.63, 3.8) is 0 Å². The first-order valence-electron chi connectivity index (χ1n) is 8.10. The van der Waals surface area contributed by atoms with Crippen molar-refractivity contribution in [3.05, 3.63) is 0 Å². The van der Waals surface area contributed by atoms with Crippen molar-refractivity contribution in [2.45, 2.75) is 53.6 Å². The SMILES string of the molecule is CC.CC(=O)COC1CCN(CCNC(=O)C(C)C)CC1. The van der Waals surface area contributed by atoms with Gasteiger partial charge in [0.25, 0.3) is 0 Å². The minimum absolute atomic E-state index is 0.0470. The molecule has 0 saturated carbocycles. The Labute approximate surface area is 129 Å². The zero-order chi connectivity index (χ0) is 16.3. The molecular formula is C16H32N2O3. The van der Waals surface area contributed by atoms with E-state index >= 15 is 0 Å². The molecule has 1 rings (SSSR count). The van der Waals surface area contributed by atoms with Crippen LogP contribution in [0.2, 0.25) is 0 Å². The van der Waals surface area contributed by atoms with E-state index < -0.39 is 0 Å². The summed E-state index contributed by atoms with van der Waals surface area (Å²) in [6.45, 7) is 13.1. The Bertz CT molecular complexity index is 298. The van der Waals surface area contributed by atoms with Crippen LogP contribution in [-0.2, 0) is 14.3 Å². The molecular weight excluding hydrogens is 268 g/mol. The topological polar surface area (TPSA) is 58.6 Å². The number of nitrogens with zero attached hydrogens (tertiary/aromatic N) is 1. The highest BCUT2D eigenvalue weighted by Gasteiger charge is 2.19. The number of amides is 1. The summed E-state index contributed by atoms with van der Waals surface area (Å²) in [5.41, 5.74) is 0. The molecule has 0 aromatic rings. The maximum absolute atomic E-state index is 11.4. The van der Waals surface area contributed by atoms with Gasteiger partial charge in [0.1, 0.15) is 6.61 Å². The van der Waals surface area contributed by atoms with Gasteiger partial charge in [0, 0.05) is 32.1 Å². The number of ether oxygens (including phenoxy) is 1. The van der Waals surface area contributed by atoms with Crippen LogP contribution in [-0.4, -0.2) is 55.5 Å². The van der Waals surface area contributed by atoms with Gasteiger partial charge in [-0.05, 0) is 19.8 Å². The number of rotatable bonds is 7. The number of likely N-dealkylation sites (tertiary alicyclic amines) is 1. The summed E-state index contributed by atoms with van der Waals surface area (Å²) in [6.07, 6.45) is 2.14. The molecule has 0 aliphatic carbocycles. The number of hydrogen-bond acceptors (Lipinski definition) is 4. The highest BCUT2D eigenvalue weighted by Crippen LogP contribution is 2.13. The maximum atomic E-state index is 11.4. The largest absolute Gasteiger partial charge is 0.370 e. The van der Waals surface area contributed by atoms with E-state index in [9.17, 15) is 9.59 Å². The lowest BCUT2D eigenvalue weighted by atomic mass is 10.1. The number of hydrogen-bond donors (Lipinski definition) is 1. The van der Waals surface area contributed by atoms with Gasteiger partial charge in [0.15, 0.2) is 5.78 Å². The first kappa shape index (κ1) is 20.1. The highest BCUT2D eigenvalue weighted by atomic mass is 16.5. The van der Waals surface area contributed by atoms with Crippen molar-refractivity contribution in [3.8, 4) is 0 Å². The first-order valence-corrected chi connectivity index (χ1v) is 8.10. The molecule has 0 aromatic carbocycles. The maximum Gasteiger partial charge on any atom is 0.222 e. The van der Waals surface area contributed by atoms with Crippen LogP contribution in [0.1, 0.15) is 47.5 Å². The second kappa shape index (κ2) is 11.7. The Morgan fingerprint density at radius 2 is 1.81 bits per heavy atom. The van der Waals surface area contributed by atoms with Crippen LogP contribution in [0.15, 0.2) is 0 Å². The Kier molecular flexibility index (Phi) is 11.2. The van der Waals surface area contributed by atoms with Crippen molar-refractivity contribution in [2.75, 3.05) is 32.8 Å². The molecule has 1 saturated heterocycles. The third kappa shape index (κ3) is 9.58. The number of carbonyl (C=O) groups excluding carboxylic acids is 2. The van der Waals surface area contributed by atoms with Gasteiger partial charge in [-0.2, -0.15) is 0 Å². The zero-order valence-electron chi connectivity index (χ0n) is 14.3. The smallest absolute Gasteiger partial charge is 0.222 e. The van der Waals surface area contributed by atoms with E-state index in [0.717, 1.165) is 32.5 Å². The Balaban J connectivity index is 0.00000191. The number of Topliss-reactive ketones (excluding diaryl/α,β-unsaturated/α-hetero) is 1. The molecule has 124 valence electrons. The van der Waals surface area contributed by atoms with Crippen LogP contribution in [0.3, 0.4) is 0 Å². The predicted octanol–water partition coefficient (Wildman–Crippen LogP) is 1.85. The summed E-state index contributed by atoms with van der Waals surface area (Å²) >= 11 is 0. The fourth-order valence-corrected chi connectivity index (χ4v) is 2.08. The monoisotopic (exact) mass is 300 g/mol. The van der Waals surface area contributed by atoms with Crippen LogP contribution in [0, 0.1) is 5.92 Å². The number of ketones is 1.